The number of anilines is 3. The Kier molecular flexibility index (Phi) is 4.80. The van der Waals surface area contributed by atoms with Crippen molar-refractivity contribution in [3.05, 3.63) is 70.7 Å². The second kappa shape index (κ2) is 7.27. The van der Waals surface area contributed by atoms with E-state index in [2.05, 4.69) is 10.3 Å². The van der Waals surface area contributed by atoms with Gasteiger partial charge >= 0.3 is 6.18 Å². The van der Waals surface area contributed by atoms with Crippen LogP contribution in [0.25, 0.3) is 0 Å². The predicted molar refractivity (Wildman–Crippen MR) is 103 cm³/mol. The summed E-state index contributed by atoms with van der Waals surface area (Å²) in [5.74, 6) is -0.0409. The molecule has 0 saturated carbocycles. The maximum atomic E-state index is 12.8. The normalized spacial score (nSPS) is 13.5. The lowest BCUT2D eigenvalue weighted by molar-refractivity contribution is -0.137. The molecule has 0 aliphatic carbocycles. The van der Waals surface area contributed by atoms with Crippen molar-refractivity contribution in [3.63, 3.8) is 0 Å². The van der Waals surface area contributed by atoms with E-state index >= 15 is 0 Å². The Morgan fingerprint density at radius 2 is 2.00 bits per heavy atom. The third-order valence-corrected chi connectivity index (χ3v) is 5.32. The molecule has 8 heteroatoms. The highest BCUT2D eigenvalue weighted by atomic mass is 32.1. The standard InChI is InChI=1S/C20H16F3N3OS/c21-20(22,23)14-5-3-6-15(10-14)24-19-25-16(12-28-19)11-18(27)26-9-8-13-4-1-2-7-17(13)26/h1-7,10,12H,8-9,11H2,(H,24,25). The minimum atomic E-state index is -4.40. The van der Waals surface area contributed by atoms with E-state index in [9.17, 15) is 18.0 Å². The molecule has 0 unspecified atom stereocenters. The molecular weight excluding hydrogens is 387 g/mol. The van der Waals surface area contributed by atoms with Crippen LogP contribution in [0.15, 0.2) is 53.9 Å². The van der Waals surface area contributed by atoms with Crippen LogP contribution in [0.1, 0.15) is 16.8 Å². The number of alkyl halides is 3. The highest BCUT2D eigenvalue weighted by Gasteiger charge is 2.30. The number of amides is 1. The zero-order valence-electron chi connectivity index (χ0n) is 14.7. The summed E-state index contributed by atoms with van der Waals surface area (Å²) in [7, 11) is 0. The number of nitrogens with one attached hydrogen (secondary N) is 1. The van der Waals surface area contributed by atoms with Crippen LogP contribution < -0.4 is 10.2 Å². The van der Waals surface area contributed by atoms with Crippen molar-refractivity contribution in [2.24, 2.45) is 0 Å². The number of hydrogen-bond acceptors (Lipinski definition) is 4. The average molecular weight is 403 g/mol. The van der Waals surface area contributed by atoms with Gasteiger partial charge in [-0.25, -0.2) is 4.98 Å². The molecule has 1 amide bonds. The van der Waals surface area contributed by atoms with Crippen molar-refractivity contribution in [2.45, 2.75) is 19.0 Å². The van der Waals surface area contributed by atoms with Gasteiger partial charge in [-0.2, -0.15) is 13.2 Å². The first kappa shape index (κ1) is 18.5. The van der Waals surface area contributed by atoms with Gasteiger partial charge in [-0.05, 0) is 36.2 Å². The first-order valence-electron chi connectivity index (χ1n) is 8.67. The molecule has 1 N–H and O–H groups in total. The van der Waals surface area contributed by atoms with Gasteiger partial charge in [0.25, 0.3) is 0 Å². The second-order valence-corrected chi connectivity index (χ2v) is 7.31. The van der Waals surface area contributed by atoms with Crippen LogP contribution in [0, 0.1) is 0 Å². The molecule has 4 nitrogen and oxygen atoms in total. The van der Waals surface area contributed by atoms with Gasteiger partial charge in [0, 0.05) is 23.3 Å². The monoisotopic (exact) mass is 403 g/mol. The number of para-hydroxylation sites is 1. The molecule has 0 spiro atoms. The SMILES string of the molecule is O=C(Cc1csc(Nc2cccc(C(F)(F)F)c2)n1)N1CCc2ccccc21. The van der Waals surface area contributed by atoms with E-state index in [4.69, 9.17) is 0 Å². The zero-order chi connectivity index (χ0) is 19.7. The van der Waals surface area contributed by atoms with Crippen molar-refractivity contribution in [3.8, 4) is 0 Å². The zero-order valence-corrected chi connectivity index (χ0v) is 15.5. The van der Waals surface area contributed by atoms with Crippen LogP contribution >= 0.6 is 11.3 Å². The Labute approximate surface area is 163 Å². The molecule has 3 aromatic rings. The van der Waals surface area contributed by atoms with Gasteiger partial charge in [-0.3, -0.25) is 4.79 Å². The molecule has 2 aromatic carbocycles. The summed E-state index contributed by atoms with van der Waals surface area (Å²) in [5.41, 5.74) is 2.26. The van der Waals surface area contributed by atoms with Crippen LogP contribution in [-0.4, -0.2) is 17.4 Å². The third kappa shape index (κ3) is 3.87. The minimum Gasteiger partial charge on any atom is -0.332 e. The number of thiazole rings is 1. The summed E-state index contributed by atoms with van der Waals surface area (Å²) in [5, 5.41) is 5.07. The van der Waals surface area contributed by atoms with Gasteiger partial charge in [0.15, 0.2) is 5.13 Å². The maximum Gasteiger partial charge on any atom is 0.416 e. The van der Waals surface area contributed by atoms with Gasteiger partial charge < -0.3 is 10.2 Å². The smallest absolute Gasteiger partial charge is 0.332 e. The van der Waals surface area contributed by atoms with E-state index in [0.717, 1.165) is 29.8 Å². The molecule has 144 valence electrons. The first-order valence-corrected chi connectivity index (χ1v) is 9.55. The van der Waals surface area contributed by atoms with Crippen molar-refractivity contribution < 1.29 is 18.0 Å². The Morgan fingerprint density at radius 1 is 1.18 bits per heavy atom. The van der Waals surface area contributed by atoms with Crippen molar-refractivity contribution in [1.82, 2.24) is 4.98 Å². The Hall–Kier alpha value is -2.87. The molecule has 4 rings (SSSR count). The molecule has 0 fully saturated rings. The predicted octanol–water partition coefficient (Wildman–Crippen LogP) is 5.04. The van der Waals surface area contributed by atoms with Gasteiger partial charge in [0.1, 0.15) is 0 Å². The fourth-order valence-electron chi connectivity index (χ4n) is 3.19. The highest BCUT2D eigenvalue weighted by molar-refractivity contribution is 7.13. The number of rotatable bonds is 4. The summed E-state index contributed by atoms with van der Waals surface area (Å²) in [6.45, 7) is 0.650. The van der Waals surface area contributed by atoms with E-state index in [1.165, 1.54) is 17.4 Å². The van der Waals surface area contributed by atoms with Gasteiger partial charge in [-0.15, -0.1) is 11.3 Å². The summed E-state index contributed by atoms with van der Waals surface area (Å²) in [6.07, 6.45) is -3.42. The number of hydrogen-bond donors (Lipinski definition) is 1. The van der Waals surface area contributed by atoms with Gasteiger partial charge in [-0.1, -0.05) is 24.3 Å². The van der Waals surface area contributed by atoms with Crippen LogP contribution in [0.3, 0.4) is 0 Å². The molecule has 1 aliphatic rings. The quantitative estimate of drug-likeness (QED) is 0.664. The molecule has 2 heterocycles. The number of carbonyl (C=O) groups excluding carboxylic acids is 1. The Bertz CT molecular complexity index is 1020. The largest absolute Gasteiger partial charge is 0.416 e. The fourth-order valence-corrected chi connectivity index (χ4v) is 3.92. The van der Waals surface area contributed by atoms with E-state index in [1.54, 1.807) is 16.3 Å². The minimum absolute atomic E-state index is 0.0409. The first-order chi connectivity index (χ1) is 13.4. The molecule has 0 atom stereocenters. The van der Waals surface area contributed by atoms with Crippen molar-refractivity contribution in [2.75, 3.05) is 16.8 Å². The van der Waals surface area contributed by atoms with Crippen molar-refractivity contribution in [1.29, 1.82) is 0 Å². The summed E-state index contributed by atoms with van der Waals surface area (Å²) < 4.78 is 38.5. The summed E-state index contributed by atoms with van der Waals surface area (Å²) in [6, 6.07) is 12.8. The van der Waals surface area contributed by atoms with E-state index in [1.807, 2.05) is 24.3 Å². The van der Waals surface area contributed by atoms with Gasteiger partial charge in [0.2, 0.25) is 5.91 Å². The van der Waals surface area contributed by atoms with Crippen molar-refractivity contribution >= 4 is 33.8 Å². The molecule has 0 radical (unpaired) electrons. The summed E-state index contributed by atoms with van der Waals surface area (Å²) in [4.78, 5) is 18.7. The molecule has 1 aromatic heterocycles. The van der Waals surface area contributed by atoms with E-state index in [-0.39, 0.29) is 12.3 Å². The lowest BCUT2D eigenvalue weighted by Crippen LogP contribution is -2.30. The molecular formula is C20H16F3N3OS. The number of halogens is 3. The number of carbonyl (C=O) groups is 1. The fraction of sp³-hybridized carbons (Fsp3) is 0.200. The van der Waals surface area contributed by atoms with E-state index in [0.29, 0.717) is 23.1 Å². The van der Waals surface area contributed by atoms with Crippen LogP contribution in [0.5, 0.6) is 0 Å². The van der Waals surface area contributed by atoms with Crippen LogP contribution in [0.4, 0.5) is 29.7 Å². The van der Waals surface area contributed by atoms with E-state index < -0.39 is 11.7 Å². The summed E-state index contributed by atoms with van der Waals surface area (Å²) >= 11 is 1.25. The molecule has 0 saturated heterocycles. The average Bonchev–Trinajstić information content (AvgIpc) is 3.28. The molecule has 0 bridgehead atoms. The van der Waals surface area contributed by atoms with Crippen LogP contribution in [0.2, 0.25) is 0 Å². The Morgan fingerprint density at radius 3 is 2.82 bits per heavy atom. The highest BCUT2D eigenvalue weighted by Crippen LogP contribution is 2.32. The lowest BCUT2D eigenvalue weighted by Gasteiger charge is -2.16. The second-order valence-electron chi connectivity index (χ2n) is 6.45. The van der Waals surface area contributed by atoms with Gasteiger partial charge in [0.05, 0.1) is 17.7 Å². The molecule has 28 heavy (non-hydrogen) atoms. The molecule has 1 aliphatic heterocycles. The lowest BCUT2D eigenvalue weighted by atomic mass is 10.2. The number of aromatic nitrogens is 1. The number of nitrogens with zero attached hydrogens (tertiary/aromatic N) is 2. The van der Waals surface area contributed by atoms with Crippen LogP contribution in [-0.2, 0) is 23.8 Å². The maximum absolute atomic E-state index is 12.8. The Balaban J connectivity index is 1.43. The topological polar surface area (TPSA) is 45.2 Å². The number of fused-ring (bicyclic) bond motifs is 1. The number of benzene rings is 2. The third-order valence-electron chi connectivity index (χ3n) is 4.51.